The molecule has 2 N–H and O–H groups in total. The second-order valence-electron chi connectivity index (χ2n) is 7.11. The number of benzene rings is 3. The van der Waals surface area contributed by atoms with Crippen molar-refractivity contribution in [3.8, 4) is 5.75 Å². The summed E-state index contributed by atoms with van der Waals surface area (Å²) < 4.78 is 5.53. The van der Waals surface area contributed by atoms with E-state index in [4.69, 9.17) is 51.1 Å². The van der Waals surface area contributed by atoms with Crippen LogP contribution in [0.3, 0.4) is 0 Å². The van der Waals surface area contributed by atoms with Gasteiger partial charge in [-0.05, 0) is 78.0 Å². The lowest BCUT2D eigenvalue weighted by Crippen LogP contribution is -2.20. The van der Waals surface area contributed by atoms with Crippen LogP contribution in [0.1, 0.15) is 5.56 Å². The van der Waals surface area contributed by atoms with E-state index in [2.05, 4.69) is 15.6 Å². The third kappa shape index (κ3) is 6.93. The second-order valence-corrected chi connectivity index (χ2v) is 9.80. The molecule has 1 aliphatic heterocycles. The zero-order chi connectivity index (χ0) is 24.9. The summed E-state index contributed by atoms with van der Waals surface area (Å²) in [6.07, 6.45) is 1.69. The first-order chi connectivity index (χ1) is 16.8. The van der Waals surface area contributed by atoms with Gasteiger partial charge < -0.3 is 15.4 Å². The van der Waals surface area contributed by atoms with Gasteiger partial charge in [0.25, 0.3) is 11.8 Å². The maximum absolute atomic E-state index is 12.3. The van der Waals surface area contributed by atoms with E-state index in [0.29, 0.717) is 52.9 Å². The van der Waals surface area contributed by atoms with Crippen LogP contribution >= 0.6 is 58.2 Å². The van der Waals surface area contributed by atoms with Gasteiger partial charge in [0.05, 0.1) is 25.7 Å². The summed E-state index contributed by atoms with van der Waals surface area (Å²) in [6.45, 7) is -0.261. The maximum Gasteiger partial charge on any atom is 0.264 e. The van der Waals surface area contributed by atoms with Crippen LogP contribution in [0.15, 0.2) is 70.6 Å². The normalized spacial score (nSPS) is 15.4. The Morgan fingerprint density at radius 3 is 2.46 bits per heavy atom. The Morgan fingerprint density at radius 1 is 0.971 bits per heavy atom. The van der Waals surface area contributed by atoms with Crippen LogP contribution in [0.5, 0.6) is 5.75 Å². The van der Waals surface area contributed by atoms with E-state index in [1.54, 1.807) is 66.7 Å². The van der Waals surface area contributed by atoms with Gasteiger partial charge in [0.1, 0.15) is 5.75 Å². The Kier molecular flexibility index (Phi) is 8.26. The van der Waals surface area contributed by atoms with Gasteiger partial charge in [-0.25, -0.2) is 4.99 Å². The van der Waals surface area contributed by atoms with Crippen LogP contribution in [0.25, 0.3) is 6.08 Å². The molecule has 35 heavy (non-hydrogen) atoms. The van der Waals surface area contributed by atoms with Gasteiger partial charge in [0.2, 0.25) is 0 Å². The Hall–Kier alpha value is -2.68. The molecule has 1 aliphatic rings. The third-order valence-electron chi connectivity index (χ3n) is 4.52. The third-order valence-corrected chi connectivity index (χ3v) is 6.72. The number of rotatable bonds is 6. The van der Waals surface area contributed by atoms with Crippen LogP contribution < -0.4 is 15.4 Å². The summed E-state index contributed by atoms with van der Waals surface area (Å²) in [7, 11) is 0. The average Bonchev–Trinajstić information content (AvgIpc) is 3.15. The topological polar surface area (TPSA) is 79.8 Å². The number of anilines is 1. The highest BCUT2D eigenvalue weighted by molar-refractivity contribution is 8.18. The van der Waals surface area contributed by atoms with Crippen molar-refractivity contribution >= 4 is 92.6 Å². The van der Waals surface area contributed by atoms with E-state index < -0.39 is 5.91 Å². The van der Waals surface area contributed by atoms with E-state index in [1.165, 1.54) is 11.8 Å². The molecule has 0 saturated carbocycles. The zero-order valence-electron chi connectivity index (χ0n) is 17.7. The molecule has 6 nitrogen and oxygen atoms in total. The highest BCUT2D eigenvalue weighted by atomic mass is 35.5. The van der Waals surface area contributed by atoms with Crippen molar-refractivity contribution in [2.75, 3.05) is 11.9 Å². The fourth-order valence-electron chi connectivity index (χ4n) is 2.90. The summed E-state index contributed by atoms with van der Waals surface area (Å²) in [5.41, 5.74) is 1.85. The molecule has 3 aromatic rings. The van der Waals surface area contributed by atoms with Crippen molar-refractivity contribution < 1.29 is 14.3 Å². The molecule has 1 heterocycles. The molecule has 0 unspecified atom stereocenters. The summed E-state index contributed by atoms with van der Waals surface area (Å²) in [4.78, 5) is 29.4. The monoisotopic (exact) mass is 565 g/mol. The second kappa shape index (κ2) is 11.4. The first kappa shape index (κ1) is 25.4. The van der Waals surface area contributed by atoms with Crippen molar-refractivity contribution in [2.24, 2.45) is 4.99 Å². The first-order valence-corrected chi connectivity index (χ1v) is 12.3. The van der Waals surface area contributed by atoms with Gasteiger partial charge in [-0.2, -0.15) is 0 Å². The molecule has 11 heteroatoms. The van der Waals surface area contributed by atoms with Crippen LogP contribution in [-0.2, 0) is 9.59 Å². The lowest BCUT2D eigenvalue weighted by molar-refractivity contribution is -0.118. The van der Waals surface area contributed by atoms with E-state index in [0.717, 1.165) is 0 Å². The van der Waals surface area contributed by atoms with Crippen molar-refractivity contribution in [3.63, 3.8) is 0 Å². The molecule has 0 aromatic heterocycles. The molecule has 1 saturated heterocycles. The molecule has 1 fully saturated rings. The largest absolute Gasteiger partial charge is 0.482 e. The number of amides is 2. The van der Waals surface area contributed by atoms with Crippen LogP contribution in [0.2, 0.25) is 20.1 Å². The van der Waals surface area contributed by atoms with Gasteiger partial charge >= 0.3 is 0 Å². The van der Waals surface area contributed by atoms with E-state index >= 15 is 0 Å². The number of aliphatic imine (C=N–C) groups is 1. The van der Waals surface area contributed by atoms with E-state index in [-0.39, 0.29) is 12.5 Å². The number of hydrogen-bond acceptors (Lipinski definition) is 5. The Labute approximate surface area is 225 Å². The summed E-state index contributed by atoms with van der Waals surface area (Å²) >= 11 is 25.2. The van der Waals surface area contributed by atoms with Crippen molar-refractivity contribution in [1.29, 1.82) is 0 Å². The number of nitrogens with one attached hydrogen (secondary N) is 2. The molecule has 0 atom stereocenters. The molecule has 2 amide bonds. The standard InChI is InChI=1S/C24H15Cl4N3O3S/c25-14-2-4-15(5-3-14)30-24-31-23(33)21(35-24)10-13-1-8-20(19(28)9-13)34-12-22(32)29-16-6-7-17(26)18(27)11-16/h1-11H,12H2,(H,29,32)(H,30,31,33)/b21-10+. The fraction of sp³-hybridized carbons (Fsp3) is 0.0417. The summed E-state index contributed by atoms with van der Waals surface area (Å²) in [6, 6.07) is 16.7. The maximum atomic E-state index is 12.3. The highest BCUT2D eigenvalue weighted by Gasteiger charge is 2.24. The number of carbonyl (C=O) groups is 2. The molecule has 0 aliphatic carbocycles. The minimum Gasteiger partial charge on any atom is -0.482 e. The predicted octanol–water partition coefficient (Wildman–Crippen LogP) is 7.21. The van der Waals surface area contributed by atoms with Gasteiger partial charge in [0.15, 0.2) is 11.8 Å². The SMILES string of the molecule is O=C(COc1ccc(/C=C2/SC(=Nc3ccc(Cl)cc3)NC2=O)cc1Cl)Nc1ccc(Cl)c(Cl)c1. The molecule has 0 radical (unpaired) electrons. The lowest BCUT2D eigenvalue weighted by atomic mass is 10.2. The molecule has 4 rings (SSSR count). The molecule has 0 bridgehead atoms. The molecule has 178 valence electrons. The van der Waals surface area contributed by atoms with Gasteiger partial charge in [-0.3, -0.25) is 9.59 Å². The van der Waals surface area contributed by atoms with Crippen LogP contribution in [-0.4, -0.2) is 23.6 Å². The zero-order valence-corrected chi connectivity index (χ0v) is 21.5. The Bertz CT molecular complexity index is 1360. The molecule has 3 aromatic carbocycles. The number of ether oxygens (including phenoxy) is 1. The lowest BCUT2D eigenvalue weighted by Gasteiger charge is -2.10. The number of thioether (sulfide) groups is 1. The van der Waals surface area contributed by atoms with Gasteiger partial charge in [-0.15, -0.1) is 0 Å². The minimum absolute atomic E-state index is 0.261. The highest BCUT2D eigenvalue weighted by Crippen LogP contribution is 2.31. The van der Waals surface area contributed by atoms with E-state index in [9.17, 15) is 9.59 Å². The Morgan fingerprint density at radius 2 is 1.74 bits per heavy atom. The molecular weight excluding hydrogens is 552 g/mol. The first-order valence-electron chi connectivity index (χ1n) is 9.99. The van der Waals surface area contributed by atoms with Gasteiger partial charge in [-0.1, -0.05) is 52.5 Å². The van der Waals surface area contributed by atoms with Crippen molar-refractivity contribution in [3.05, 3.63) is 91.2 Å². The molecule has 0 spiro atoms. The quantitative estimate of drug-likeness (QED) is 0.309. The average molecular weight is 567 g/mol. The smallest absolute Gasteiger partial charge is 0.264 e. The summed E-state index contributed by atoms with van der Waals surface area (Å²) in [5, 5.41) is 7.47. The minimum atomic E-state index is -0.391. The number of amidine groups is 1. The number of hydrogen-bond donors (Lipinski definition) is 2. The fourth-order valence-corrected chi connectivity index (χ4v) is 4.41. The van der Waals surface area contributed by atoms with Crippen LogP contribution in [0.4, 0.5) is 11.4 Å². The van der Waals surface area contributed by atoms with Crippen LogP contribution in [0, 0.1) is 0 Å². The number of carbonyl (C=O) groups excluding carboxylic acids is 2. The number of halogens is 4. The predicted molar refractivity (Wildman–Crippen MR) is 144 cm³/mol. The van der Waals surface area contributed by atoms with Gasteiger partial charge in [0, 0.05) is 10.7 Å². The molecular formula is C24H15Cl4N3O3S. The summed E-state index contributed by atoms with van der Waals surface area (Å²) in [5.74, 6) is -0.332. The van der Waals surface area contributed by atoms with Crippen molar-refractivity contribution in [2.45, 2.75) is 0 Å². The Balaban J connectivity index is 1.37. The van der Waals surface area contributed by atoms with E-state index in [1.807, 2.05) is 0 Å². The van der Waals surface area contributed by atoms with Crippen molar-refractivity contribution in [1.82, 2.24) is 5.32 Å². The number of nitrogens with zero attached hydrogens (tertiary/aromatic N) is 1.